The van der Waals surface area contributed by atoms with Crippen LogP contribution in [0.1, 0.15) is 11.5 Å². The molecule has 0 spiro atoms. The molecule has 0 aliphatic heterocycles. The van der Waals surface area contributed by atoms with Crippen molar-refractivity contribution in [3.05, 3.63) is 64.8 Å². The second-order valence-electron chi connectivity index (χ2n) is 5.73. The largest absolute Gasteiger partial charge is 0.467 e. The predicted octanol–water partition coefficient (Wildman–Crippen LogP) is 3.44. The summed E-state index contributed by atoms with van der Waals surface area (Å²) in [6, 6.07) is 9.87. The Kier molecular flexibility index (Phi) is 6.05. The second kappa shape index (κ2) is 8.30. The van der Waals surface area contributed by atoms with Gasteiger partial charge in [0, 0.05) is 7.05 Å². The van der Waals surface area contributed by atoms with E-state index in [1.165, 1.54) is 36.6 Å². The molecule has 0 aliphatic carbocycles. The van der Waals surface area contributed by atoms with E-state index in [2.05, 4.69) is 0 Å². The Morgan fingerprint density at radius 1 is 1.07 bits per heavy atom. The Hall–Kier alpha value is -2.07. The lowest BCUT2D eigenvalue weighted by molar-refractivity contribution is -0.133. The molecule has 3 aromatic heterocycles. The van der Waals surface area contributed by atoms with Gasteiger partial charge in [-0.15, -0.1) is 11.3 Å². The molecule has 3 heterocycles. The van der Waals surface area contributed by atoms with Gasteiger partial charge >= 0.3 is 0 Å². The van der Waals surface area contributed by atoms with Crippen LogP contribution in [0.4, 0.5) is 0 Å². The zero-order valence-electron chi connectivity index (χ0n) is 14.4. The van der Waals surface area contributed by atoms with Gasteiger partial charge in [0.15, 0.2) is 0 Å². The van der Waals surface area contributed by atoms with Crippen LogP contribution in [0.3, 0.4) is 0 Å². The average molecular weight is 429 g/mol. The number of hydrogen-bond donors (Lipinski definition) is 0. The van der Waals surface area contributed by atoms with Crippen molar-refractivity contribution >= 4 is 38.9 Å². The zero-order valence-corrected chi connectivity index (χ0v) is 16.8. The first-order valence-corrected chi connectivity index (χ1v) is 10.5. The molecule has 0 atom stereocenters. The Labute approximate surface area is 165 Å². The van der Waals surface area contributed by atoms with Gasteiger partial charge in [0.05, 0.1) is 36.5 Å². The topological polar surface area (TPSA) is 84.0 Å². The maximum atomic E-state index is 12.8. The summed E-state index contributed by atoms with van der Waals surface area (Å²) in [4.78, 5) is 14.3. The Bertz CT molecular complexity index is 944. The van der Waals surface area contributed by atoms with Crippen molar-refractivity contribution in [3.8, 4) is 0 Å². The molecule has 0 unspecified atom stereocenters. The van der Waals surface area contributed by atoms with Gasteiger partial charge in [-0.1, -0.05) is 11.6 Å². The fourth-order valence-electron chi connectivity index (χ4n) is 2.38. The number of furan rings is 2. The van der Waals surface area contributed by atoms with Crippen molar-refractivity contribution in [1.29, 1.82) is 0 Å². The van der Waals surface area contributed by atoms with Gasteiger partial charge in [0.2, 0.25) is 5.91 Å². The van der Waals surface area contributed by atoms with Crippen molar-refractivity contribution in [2.75, 3.05) is 13.6 Å². The highest BCUT2D eigenvalue weighted by Crippen LogP contribution is 2.27. The Morgan fingerprint density at radius 3 is 2.11 bits per heavy atom. The number of sulfonamides is 1. The lowest BCUT2D eigenvalue weighted by Crippen LogP contribution is -2.40. The van der Waals surface area contributed by atoms with E-state index in [1.54, 1.807) is 24.3 Å². The monoisotopic (exact) mass is 428 g/mol. The molecule has 0 aliphatic rings. The summed E-state index contributed by atoms with van der Waals surface area (Å²) >= 11 is 6.77. The molecule has 3 aromatic rings. The lowest BCUT2D eigenvalue weighted by atomic mass is 10.3. The number of nitrogens with zero attached hydrogens (tertiary/aromatic N) is 2. The minimum absolute atomic E-state index is 0.0893. The Balaban J connectivity index is 1.74. The molecule has 10 heteroatoms. The van der Waals surface area contributed by atoms with Crippen molar-refractivity contribution in [2.45, 2.75) is 17.3 Å². The molecular weight excluding hydrogens is 412 g/mol. The molecule has 144 valence electrons. The van der Waals surface area contributed by atoms with Crippen LogP contribution in [0.25, 0.3) is 0 Å². The van der Waals surface area contributed by atoms with E-state index >= 15 is 0 Å². The third kappa shape index (κ3) is 4.81. The minimum atomic E-state index is -3.80. The summed E-state index contributed by atoms with van der Waals surface area (Å²) < 4.78 is 37.3. The molecule has 0 radical (unpaired) electrons. The molecule has 0 fully saturated rings. The summed E-state index contributed by atoms with van der Waals surface area (Å²) in [5.41, 5.74) is 0. The van der Waals surface area contributed by atoms with Gasteiger partial charge in [0.25, 0.3) is 10.0 Å². The number of thiophene rings is 1. The number of halogens is 1. The third-order valence-electron chi connectivity index (χ3n) is 3.78. The smallest absolute Gasteiger partial charge is 0.252 e. The van der Waals surface area contributed by atoms with E-state index in [1.807, 2.05) is 0 Å². The van der Waals surface area contributed by atoms with Crippen LogP contribution in [0.5, 0.6) is 0 Å². The number of carbonyl (C=O) groups is 1. The molecular formula is C17H17ClN2O5S2. The molecule has 27 heavy (non-hydrogen) atoms. The van der Waals surface area contributed by atoms with Crippen LogP contribution in [0, 0.1) is 0 Å². The number of rotatable bonds is 8. The SMILES string of the molecule is CN(CC(=O)N(Cc1ccco1)Cc1ccco1)S(=O)(=O)c1ccc(Cl)s1. The van der Waals surface area contributed by atoms with Gasteiger partial charge in [-0.05, 0) is 36.4 Å². The van der Waals surface area contributed by atoms with E-state index in [9.17, 15) is 13.2 Å². The van der Waals surface area contributed by atoms with E-state index < -0.39 is 10.0 Å². The third-order valence-corrected chi connectivity index (χ3v) is 7.28. The zero-order chi connectivity index (χ0) is 19.4. The highest BCUT2D eigenvalue weighted by Gasteiger charge is 2.27. The highest BCUT2D eigenvalue weighted by atomic mass is 35.5. The summed E-state index contributed by atoms with van der Waals surface area (Å²) in [5, 5.41) is 0. The molecule has 1 amide bonds. The fraction of sp³-hybridized carbons (Fsp3) is 0.235. The van der Waals surface area contributed by atoms with E-state index in [0.717, 1.165) is 15.6 Å². The van der Waals surface area contributed by atoms with E-state index in [0.29, 0.717) is 15.9 Å². The molecule has 7 nitrogen and oxygen atoms in total. The fourth-order valence-corrected chi connectivity index (χ4v) is 5.19. The van der Waals surface area contributed by atoms with Crippen LogP contribution in [0.2, 0.25) is 4.34 Å². The summed E-state index contributed by atoms with van der Waals surface area (Å²) in [6.45, 7) is 0.0791. The van der Waals surface area contributed by atoms with Crippen LogP contribution in [0.15, 0.2) is 62.0 Å². The minimum Gasteiger partial charge on any atom is -0.467 e. The molecule has 0 saturated carbocycles. The standard InChI is InChI=1S/C17H17ClN2O5S2/c1-19(27(22,23)17-7-6-15(18)26-17)12-16(21)20(10-13-4-2-8-24-13)11-14-5-3-9-25-14/h2-9H,10-12H2,1H3. The highest BCUT2D eigenvalue weighted by molar-refractivity contribution is 7.91. The van der Waals surface area contributed by atoms with Gasteiger partial charge in [-0.3, -0.25) is 4.79 Å². The van der Waals surface area contributed by atoms with Gasteiger partial charge in [-0.25, -0.2) is 8.42 Å². The van der Waals surface area contributed by atoms with Gasteiger partial charge < -0.3 is 13.7 Å². The van der Waals surface area contributed by atoms with Gasteiger partial charge in [0.1, 0.15) is 15.7 Å². The van der Waals surface area contributed by atoms with E-state index in [4.69, 9.17) is 20.4 Å². The normalized spacial score (nSPS) is 11.8. The van der Waals surface area contributed by atoms with E-state index in [-0.39, 0.29) is 29.8 Å². The Morgan fingerprint density at radius 2 is 1.67 bits per heavy atom. The summed E-state index contributed by atoms with van der Waals surface area (Å²) in [7, 11) is -2.44. The number of amides is 1. The summed E-state index contributed by atoms with van der Waals surface area (Å²) in [6.07, 6.45) is 3.03. The number of carbonyl (C=O) groups excluding carboxylic acids is 1. The molecule has 0 N–H and O–H groups in total. The lowest BCUT2D eigenvalue weighted by Gasteiger charge is -2.23. The molecule has 0 aromatic carbocycles. The average Bonchev–Trinajstić information content (AvgIpc) is 3.36. The first-order chi connectivity index (χ1) is 12.9. The maximum absolute atomic E-state index is 12.8. The predicted molar refractivity (Wildman–Crippen MR) is 101 cm³/mol. The molecule has 0 bridgehead atoms. The molecule has 0 saturated heterocycles. The van der Waals surface area contributed by atoms with Crippen LogP contribution >= 0.6 is 22.9 Å². The first kappa shape index (κ1) is 19.7. The quantitative estimate of drug-likeness (QED) is 0.548. The van der Waals surface area contributed by atoms with Crippen molar-refractivity contribution < 1.29 is 22.0 Å². The van der Waals surface area contributed by atoms with Crippen molar-refractivity contribution in [1.82, 2.24) is 9.21 Å². The number of likely N-dealkylation sites (N-methyl/N-ethyl adjacent to an activating group) is 1. The van der Waals surface area contributed by atoms with Crippen LogP contribution in [-0.2, 0) is 27.9 Å². The maximum Gasteiger partial charge on any atom is 0.252 e. The van der Waals surface area contributed by atoms with Gasteiger partial charge in [-0.2, -0.15) is 4.31 Å². The van der Waals surface area contributed by atoms with Crippen LogP contribution < -0.4 is 0 Å². The summed E-state index contributed by atoms with van der Waals surface area (Å²) in [5.74, 6) is 0.799. The first-order valence-electron chi connectivity index (χ1n) is 7.90. The second-order valence-corrected chi connectivity index (χ2v) is 9.71. The van der Waals surface area contributed by atoms with Crippen molar-refractivity contribution in [2.24, 2.45) is 0 Å². The molecule has 3 rings (SSSR count). The number of hydrogen-bond acceptors (Lipinski definition) is 6. The van der Waals surface area contributed by atoms with Crippen molar-refractivity contribution in [3.63, 3.8) is 0 Å². The van der Waals surface area contributed by atoms with Crippen LogP contribution in [-0.4, -0.2) is 37.1 Å².